The molecular formula is C23H21N5O2. The zero-order valence-electron chi connectivity index (χ0n) is 16.4. The molecule has 150 valence electrons. The van der Waals surface area contributed by atoms with Gasteiger partial charge in [-0.3, -0.25) is 4.79 Å². The molecule has 0 aliphatic rings. The zero-order valence-corrected chi connectivity index (χ0v) is 16.4. The lowest BCUT2D eigenvalue weighted by molar-refractivity contribution is -0.114. The van der Waals surface area contributed by atoms with Gasteiger partial charge in [-0.25, -0.2) is 9.97 Å². The van der Waals surface area contributed by atoms with Crippen LogP contribution in [-0.2, 0) is 11.3 Å². The van der Waals surface area contributed by atoms with Gasteiger partial charge >= 0.3 is 0 Å². The maximum atomic E-state index is 11.3. The molecule has 0 saturated heterocycles. The minimum Gasteiger partial charge on any atom is -0.467 e. The van der Waals surface area contributed by atoms with Gasteiger partial charge in [-0.05, 0) is 30.3 Å². The maximum Gasteiger partial charge on any atom is 0.221 e. The molecule has 3 N–H and O–H groups in total. The minimum absolute atomic E-state index is 0.120. The lowest BCUT2D eigenvalue weighted by Gasteiger charge is -2.12. The van der Waals surface area contributed by atoms with Gasteiger partial charge in [0.2, 0.25) is 5.91 Å². The van der Waals surface area contributed by atoms with Crippen LogP contribution in [0.25, 0.3) is 11.4 Å². The van der Waals surface area contributed by atoms with Crippen LogP contribution in [0.4, 0.5) is 23.0 Å². The molecule has 30 heavy (non-hydrogen) atoms. The van der Waals surface area contributed by atoms with Crippen molar-refractivity contribution in [2.24, 2.45) is 0 Å². The number of carbonyl (C=O) groups excluding carboxylic acids is 1. The third-order valence-corrected chi connectivity index (χ3v) is 4.24. The molecule has 0 aliphatic carbocycles. The first-order valence-electron chi connectivity index (χ1n) is 9.51. The molecule has 2 heterocycles. The number of hydrogen-bond acceptors (Lipinski definition) is 6. The fourth-order valence-corrected chi connectivity index (χ4v) is 2.93. The summed E-state index contributed by atoms with van der Waals surface area (Å²) in [5.41, 5.74) is 2.42. The molecule has 0 spiro atoms. The zero-order chi connectivity index (χ0) is 20.8. The summed E-state index contributed by atoms with van der Waals surface area (Å²) < 4.78 is 5.38. The number of hydrogen-bond donors (Lipinski definition) is 3. The van der Waals surface area contributed by atoms with E-state index in [1.54, 1.807) is 6.26 Å². The summed E-state index contributed by atoms with van der Waals surface area (Å²) in [4.78, 5) is 20.6. The van der Waals surface area contributed by atoms with E-state index in [9.17, 15) is 4.79 Å². The number of carbonyl (C=O) groups is 1. The smallest absolute Gasteiger partial charge is 0.221 e. The quantitative estimate of drug-likeness (QED) is 0.403. The molecule has 2 aromatic carbocycles. The van der Waals surface area contributed by atoms with Crippen molar-refractivity contribution in [1.82, 2.24) is 9.97 Å². The fourth-order valence-electron chi connectivity index (χ4n) is 2.93. The predicted molar refractivity (Wildman–Crippen MR) is 118 cm³/mol. The number of rotatable bonds is 7. The number of nitrogens with zero attached hydrogens (tertiary/aromatic N) is 2. The van der Waals surface area contributed by atoms with Crippen LogP contribution in [0.1, 0.15) is 12.7 Å². The Bertz CT molecular complexity index is 1130. The lowest BCUT2D eigenvalue weighted by atomic mass is 10.2. The molecular weight excluding hydrogens is 378 g/mol. The molecule has 4 aromatic rings. The second-order valence-corrected chi connectivity index (χ2v) is 6.65. The van der Waals surface area contributed by atoms with Gasteiger partial charge in [-0.15, -0.1) is 0 Å². The summed E-state index contributed by atoms with van der Waals surface area (Å²) in [5.74, 6) is 2.59. The molecule has 0 radical (unpaired) electrons. The summed E-state index contributed by atoms with van der Waals surface area (Å²) >= 11 is 0. The Morgan fingerprint density at radius 1 is 0.900 bits per heavy atom. The van der Waals surface area contributed by atoms with E-state index in [1.165, 1.54) is 6.92 Å². The molecule has 0 aliphatic heterocycles. The van der Waals surface area contributed by atoms with Crippen molar-refractivity contribution in [3.05, 3.63) is 84.8 Å². The lowest BCUT2D eigenvalue weighted by Crippen LogP contribution is -2.06. The first kappa shape index (κ1) is 19.2. The van der Waals surface area contributed by atoms with E-state index in [2.05, 4.69) is 25.9 Å². The van der Waals surface area contributed by atoms with Crippen molar-refractivity contribution in [3.8, 4) is 11.4 Å². The Hall–Kier alpha value is -4.13. The summed E-state index contributed by atoms with van der Waals surface area (Å²) in [7, 11) is 0. The normalized spacial score (nSPS) is 10.4. The Morgan fingerprint density at radius 3 is 2.47 bits per heavy atom. The molecule has 2 aromatic heterocycles. The van der Waals surface area contributed by atoms with E-state index in [0.717, 1.165) is 17.0 Å². The summed E-state index contributed by atoms with van der Waals surface area (Å²) in [6.45, 7) is 1.99. The molecule has 7 nitrogen and oxygen atoms in total. The van der Waals surface area contributed by atoms with E-state index in [-0.39, 0.29) is 5.91 Å². The van der Waals surface area contributed by atoms with Crippen LogP contribution >= 0.6 is 0 Å². The maximum absolute atomic E-state index is 11.3. The van der Waals surface area contributed by atoms with Crippen molar-refractivity contribution >= 4 is 28.9 Å². The van der Waals surface area contributed by atoms with Crippen molar-refractivity contribution in [2.75, 3.05) is 16.0 Å². The monoisotopic (exact) mass is 399 g/mol. The minimum atomic E-state index is -0.120. The first-order chi connectivity index (χ1) is 14.7. The summed E-state index contributed by atoms with van der Waals surface area (Å²) in [6, 6.07) is 22.8. The molecule has 0 fully saturated rings. The highest BCUT2D eigenvalue weighted by Gasteiger charge is 2.08. The molecule has 0 bridgehead atoms. The summed E-state index contributed by atoms with van der Waals surface area (Å²) in [6.07, 6.45) is 1.64. The first-order valence-corrected chi connectivity index (χ1v) is 9.51. The van der Waals surface area contributed by atoms with Crippen molar-refractivity contribution in [2.45, 2.75) is 13.5 Å². The van der Waals surface area contributed by atoms with Crippen molar-refractivity contribution in [3.63, 3.8) is 0 Å². The Balaban J connectivity index is 1.62. The number of aromatic nitrogens is 2. The molecule has 0 atom stereocenters. The van der Waals surface area contributed by atoms with Gasteiger partial charge in [0.1, 0.15) is 17.4 Å². The average molecular weight is 399 g/mol. The van der Waals surface area contributed by atoms with Gasteiger partial charge in [-0.1, -0.05) is 36.4 Å². The van der Waals surface area contributed by atoms with Gasteiger partial charge in [0, 0.05) is 29.9 Å². The molecule has 1 amide bonds. The van der Waals surface area contributed by atoms with Crippen LogP contribution < -0.4 is 16.0 Å². The predicted octanol–water partition coefficient (Wildman–Crippen LogP) is 5.05. The van der Waals surface area contributed by atoms with Gasteiger partial charge in [0.05, 0.1) is 12.8 Å². The third-order valence-electron chi connectivity index (χ3n) is 4.24. The van der Waals surface area contributed by atoms with Gasteiger partial charge in [-0.2, -0.15) is 0 Å². The Kier molecular flexibility index (Phi) is 5.70. The number of amides is 1. The Morgan fingerprint density at radius 2 is 1.70 bits per heavy atom. The van der Waals surface area contributed by atoms with E-state index in [0.29, 0.717) is 29.7 Å². The largest absolute Gasteiger partial charge is 0.467 e. The number of benzene rings is 2. The molecule has 0 saturated carbocycles. The van der Waals surface area contributed by atoms with Crippen LogP contribution in [-0.4, -0.2) is 15.9 Å². The highest BCUT2D eigenvalue weighted by molar-refractivity contribution is 5.89. The highest BCUT2D eigenvalue weighted by Crippen LogP contribution is 2.24. The molecule has 0 unspecified atom stereocenters. The summed E-state index contributed by atoms with van der Waals surface area (Å²) in [5, 5.41) is 9.36. The van der Waals surface area contributed by atoms with Crippen molar-refractivity contribution in [1.29, 1.82) is 0 Å². The van der Waals surface area contributed by atoms with Gasteiger partial charge < -0.3 is 20.4 Å². The highest BCUT2D eigenvalue weighted by atomic mass is 16.3. The third kappa shape index (κ3) is 5.02. The van der Waals surface area contributed by atoms with Crippen LogP contribution in [0.5, 0.6) is 0 Å². The fraction of sp³-hybridized carbons (Fsp3) is 0.0870. The SMILES string of the molecule is CC(=O)Nc1cccc(Nc2cc(NCc3ccco3)nc(-c3ccccc3)n2)c1. The van der Waals surface area contributed by atoms with E-state index in [4.69, 9.17) is 4.42 Å². The second-order valence-electron chi connectivity index (χ2n) is 6.65. The standard InChI is InChI=1S/C23H21N5O2/c1-16(29)25-18-9-5-10-19(13-18)26-22-14-21(24-15-20-11-6-12-30-20)27-23(28-22)17-7-3-2-4-8-17/h2-14H,15H2,1H3,(H,25,29)(H2,24,26,27,28). The molecule has 4 rings (SSSR count). The van der Waals surface area contributed by atoms with Gasteiger partial charge in [0.25, 0.3) is 0 Å². The van der Waals surface area contributed by atoms with E-state index >= 15 is 0 Å². The molecule has 7 heteroatoms. The van der Waals surface area contributed by atoms with E-state index < -0.39 is 0 Å². The van der Waals surface area contributed by atoms with Gasteiger partial charge in [0.15, 0.2) is 5.82 Å². The van der Waals surface area contributed by atoms with Crippen LogP contribution in [0, 0.1) is 0 Å². The average Bonchev–Trinajstić information content (AvgIpc) is 3.26. The van der Waals surface area contributed by atoms with Crippen molar-refractivity contribution < 1.29 is 9.21 Å². The number of nitrogens with one attached hydrogen (secondary N) is 3. The van der Waals surface area contributed by atoms with Crippen LogP contribution in [0.15, 0.2) is 83.5 Å². The topological polar surface area (TPSA) is 92.1 Å². The van der Waals surface area contributed by atoms with Crippen LogP contribution in [0.3, 0.4) is 0 Å². The number of furan rings is 1. The van der Waals surface area contributed by atoms with E-state index in [1.807, 2.05) is 72.8 Å². The second kappa shape index (κ2) is 8.91. The number of anilines is 4. The Labute approximate surface area is 174 Å². The van der Waals surface area contributed by atoms with Crippen LogP contribution in [0.2, 0.25) is 0 Å².